The van der Waals surface area contributed by atoms with Gasteiger partial charge in [-0.25, -0.2) is 9.48 Å². The summed E-state index contributed by atoms with van der Waals surface area (Å²) in [5.41, 5.74) is 0.675. The Morgan fingerprint density at radius 3 is 2.68 bits per heavy atom. The minimum Gasteiger partial charge on any atom is -0.462 e. The highest BCUT2D eigenvalue weighted by atomic mass is 35.5. The van der Waals surface area contributed by atoms with Gasteiger partial charge in [-0.2, -0.15) is 5.10 Å². The Bertz CT molecular complexity index is 751. The van der Waals surface area contributed by atoms with Crippen molar-refractivity contribution in [2.45, 2.75) is 13.5 Å². The quantitative estimate of drug-likeness (QED) is 0.628. The molecule has 6 heteroatoms. The number of hydrogen-bond acceptors (Lipinski definition) is 4. The van der Waals surface area contributed by atoms with Gasteiger partial charge in [-0.05, 0) is 25.1 Å². The number of benzene rings is 1. The van der Waals surface area contributed by atoms with Crippen LogP contribution >= 0.6 is 11.6 Å². The van der Waals surface area contributed by atoms with Crippen molar-refractivity contribution in [3.8, 4) is 11.3 Å². The van der Waals surface area contributed by atoms with Crippen LogP contribution < -0.4 is 5.56 Å². The van der Waals surface area contributed by atoms with E-state index >= 15 is 0 Å². The number of carbonyl (C=O) groups is 1. The second-order valence-electron chi connectivity index (χ2n) is 4.45. The average molecular weight is 319 g/mol. The van der Waals surface area contributed by atoms with E-state index in [0.717, 1.165) is 5.56 Å². The van der Waals surface area contributed by atoms with Crippen LogP contribution in [0.2, 0.25) is 5.02 Å². The molecule has 0 aliphatic carbocycles. The van der Waals surface area contributed by atoms with Gasteiger partial charge in [-0.1, -0.05) is 29.8 Å². The molecule has 1 aromatic carbocycles. The zero-order chi connectivity index (χ0) is 16.1. The third-order valence-corrected chi connectivity index (χ3v) is 3.16. The topological polar surface area (TPSA) is 61.2 Å². The number of esters is 1. The maximum Gasteiger partial charge on any atom is 0.343 e. The van der Waals surface area contributed by atoms with Crippen molar-refractivity contribution in [3.05, 3.63) is 63.9 Å². The molecule has 0 aliphatic heterocycles. The zero-order valence-electron chi connectivity index (χ0n) is 12.1. The summed E-state index contributed by atoms with van der Waals surface area (Å²) < 4.78 is 6.11. The molecule has 0 aliphatic rings. The van der Waals surface area contributed by atoms with Crippen LogP contribution in [0.4, 0.5) is 0 Å². The SMILES string of the molecule is C=CCn1nc(-c2ccc(Cl)cc2)cc(C(=O)OCC)c1=O. The standard InChI is InChI=1S/C16H15ClN2O3/c1-3-9-19-15(20)13(16(21)22-4-2)10-14(18-19)11-5-7-12(17)8-6-11/h3,5-8,10H,1,4,9H2,2H3. The lowest BCUT2D eigenvalue weighted by atomic mass is 10.1. The van der Waals surface area contributed by atoms with Crippen molar-refractivity contribution in [1.29, 1.82) is 0 Å². The molecule has 2 rings (SSSR count). The molecule has 0 atom stereocenters. The zero-order valence-corrected chi connectivity index (χ0v) is 12.8. The number of ether oxygens (including phenoxy) is 1. The van der Waals surface area contributed by atoms with Crippen molar-refractivity contribution < 1.29 is 9.53 Å². The molecule has 22 heavy (non-hydrogen) atoms. The normalized spacial score (nSPS) is 10.3. The van der Waals surface area contributed by atoms with Gasteiger partial charge in [0.1, 0.15) is 5.56 Å². The van der Waals surface area contributed by atoms with Crippen LogP contribution in [0.3, 0.4) is 0 Å². The molecule has 5 nitrogen and oxygen atoms in total. The van der Waals surface area contributed by atoms with Crippen LogP contribution in [0.1, 0.15) is 17.3 Å². The summed E-state index contributed by atoms with van der Waals surface area (Å²) in [4.78, 5) is 24.2. The van der Waals surface area contributed by atoms with Crippen molar-refractivity contribution >= 4 is 17.6 Å². The second-order valence-corrected chi connectivity index (χ2v) is 4.88. The first-order valence-electron chi connectivity index (χ1n) is 6.73. The third-order valence-electron chi connectivity index (χ3n) is 2.91. The van der Waals surface area contributed by atoms with Crippen LogP contribution in [-0.2, 0) is 11.3 Å². The largest absolute Gasteiger partial charge is 0.462 e. The maximum absolute atomic E-state index is 12.2. The van der Waals surface area contributed by atoms with Crippen LogP contribution in [-0.4, -0.2) is 22.4 Å². The Hall–Kier alpha value is -2.40. The highest BCUT2D eigenvalue weighted by Gasteiger charge is 2.17. The van der Waals surface area contributed by atoms with Gasteiger partial charge < -0.3 is 4.74 Å². The smallest absolute Gasteiger partial charge is 0.343 e. The van der Waals surface area contributed by atoms with Gasteiger partial charge in [-0.15, -0.1) is 6.58 Å². The first-order chi connectivity index (χ1) is 10.6. The molecular formula is C16H15ClN2O3. The van der Waals surface area contributed by atoms with E-state index < -0.39 is 11.5 Å². The molecule has 0 spiro atoms. The van der Waals surface area contributed by atoms with Crippen molar-refractivity contribution in [2.75, 3.05) is 6.61 Å². The molecule has 0 amide bonds. The predicted molar refractivity (Wildman–Crippen MR) is 85.1 cm³/mol. The highest BCUT2D eigenvalue weighted by Crippen LogP contribution is 2.19. The molecule has 0 saturated heterocycles. The van der Waals surface area contributed by atoms with Gasteiger partial charge in [0.25, 0.3) is 5.56 Å². The summed E-state index contributed by atoms with van der Waals surface area (Å²) in [6.45, 7) is 5.66. The molecule has 0 N–H and O–H groups in total. The van der Waals surface area contributed by atoms with Gasteiger partial charge in [0.2, 0.25) is 0 Å². The molecular weight excluding hydrogens is 304 g/mol. The van der Waals surface area contributed by atoms with E-state index in [0.29, 0.717) is 10.7 Å². The van der Waals surface area contributed by atoms with Crippen LogP contribution in [0.5, 0.6) is 0 Å². The van der Waals surface area contributed by atoms with Crippen molar-refractivity contribution in [1.82, 2.24) is 9.78 Å². The number of carbonyl (C=O) groups excluding carboxylic acids is 1. The molecule has 0 bridgehead atoms. The van der Waals surface area contributed by atoms with E-state index in [4.69, 9.17) is 16.3 Å². The van der Waals surface area contributed by atoms with Crippen molar-refractivity contribution in [2.24, 2.45) is 0 Å². The number of nitrogens with zero attached hydrogens (tertiary/aromatic N) is 2. The predicted octanol–water partition coefficient (Wildman–Crippen LogP) is 2.93. The summed E-state index contributed by atoms with van der Waals surface area (Å²) in [6, 6.07) is 8.39. The molecule has 0 saturated carbocycles. The molecule has 0 fully saturated rings. The second kappa shape index (κ2) is 7.04. The Balaban J connectivity index is 2.59. The molecule has 0 radical (unpaired) electrons. The van der Waals surface area contributed by atoms with Crippen LogP contribution in [0, 0.1) is 0 Å². The Morgan fingerprint density at radius 2 is 2.09 bits per heavy atom. The molecule has 1 heterocycles. The highest BCUT2D eigenvalue weighted by molar-refractivity contribution is 6.30. The van der Waals surface area contributed by atoms with Gasteiger partial charge in [0.05, 0.1) is 18.8 Å². The fourth-order valence-corrected chi connectivity index (χ4v) is 2.03. The number of allylic oxidation sites excluding steroid dienone is 1. The molecule has 1 aromatic heterocycles. The van der Waals surface area contributed by atoms with Gasteiger partial charge >= 0.3 is 5.97 Å². The minimum atomic E-state index is -0.664. The van der Waals surface area contributed by atoms with Gasteiger partial charge in [0.15, 0.2) is 0 Å². The molecule has 0 unspecified atom stereocenters. The third kappa shape index (κ3) is 3.43. The lowest BCUT2D eigenvalue weighted by Gasteiger charge is -2.09. The van der Waals surface area contributed by atoms with E-state index in [1.165, 1.54) is 16.8 Å². The summed E-state index contributed by atoms with van der Waals surface area (Å²) in [7, 11) is 0. The Kier molecular flexibility index (Phi) is 5.12. The Labute approximate surface area is 132 Å². The van der Waals surface area contributed by atoms with Crippen molar-refractivity contribution in [3.63, 3.8) is 0 Å². The first-order valence-corrected chi connectivity index (χ1v) is 7.10. The summed E-state index contributed by atoms with van der Waals surface area (Å²) in [5, 5.41) is 4.84. The summed E-state index contributed by atoms with van der Waals surface area (Å²) in [5.74, 6) is -0.664. The van der Waals surface area contributed by atoms with E-state index in [1.54, 1.807) is 31.2 Å². The van der Waals surface area contributed by atoms with Crippen LogP contribution in [0.15, 0.2) is 47.8 Å². The Morgan fingerprint density at radius 1 is 1.41 bits per heavy atom. The van der Waals surface area contributed by atoms with E-state index in [1.807, 2.05) is 0 Å². The number of rotatable bonds is 5. The lowest BCUT2D eigenvalue weighted by Crippen LogP contribution is -2.29. The lowest BCUT2D eigenvalue weighted by molar-refractivity contribution is 0.0523. The fourth-order valence-electron chi connectivity index (χ4n) is 1.90. The van der Waals surface area contributed by atoms with E-state index in [9.17, 15) is 9.59 Å². The summed E-state index contributed by atoms with van der Waals surface area (Å²) in [6.07, 6.45) is 1.54. The first kappa shape index (κ1) is 16.0. The molecule has 2 aromatic rings. The minimum absolute atomic E-state index is 0.0522. The monoisotopic (exact) mass is 318 g/mol. The van der Waals surface area contributed by atoms with Gasteiger partial charge in [0, 0.05) is 10.6 Å². The number of halogens is 1. The molecule has 114 valence electrons. The maximum atomic E-state index is 12.2. The van der Waals surface area contributed by atoms with Gasteiger partial charge in [-0.3, -0.25) is 4.79 Å². The van der Waals surface area contributed by atoms with E-state index in [2.05, 4.69) is 11.7 Å². The van der Waals surface area contributed by atoms with Crippen LogP contribution in [0.25, 0.3) is 11.3 Å². The van der Waals surface area contributed by atoms with E-state index in [-0.39, 0.29) is 18.7 Å². The summed E-state index contributed by atoms with van der Waals surface area (Å²) >= 11 is 5.87. The fraction of sp³-hybridized carbons (Fsp3) is 0.188. The number of aromatic nitrogens is 2. The average Bonchev–Trinajstić information content (AvgIpc) is 2.50. The number of hydrogen-bond donors (Lipinski definition) is 0.